The molecule has 0 saturated carbocycles. The lowest BCUT2D eigenvalue weighted by atomic mass is 9.91. The second-order valence-corrected chi connectivity index (χ2v) is 8.87. The summed E-state index contributed by atoms with van der Waals surface area (Å²) in [4.78, 5) is 11.2. The highest BCUT2D eigenvalue weighted by Crippen LogP contribution is 2.22. The number of benzene rings is 1. The molecule has 1 atom stereocenters. The zero-order valence-corrected chi connectivity index (χ0v) is 19.0. The van der Waals surface area contributed by atoms with E-state index in [4.69, 9.17) is 0 Å². The first-order chi connectivity index (χ1) is 14.2. The fraction of sp³-hybridized carbons (Fsp3) is 0.741. The Balaban J connectivity index is 1.99. The Hall–Kier alpha value is -1.31. The van der Waals surface area contributed by atoms with Crippen LogP contribution in [-0.4, -0.2) is 11.1 Å². The number of rotatable bonds is 20. The van der Waals surface area contributed by atoms with E-state index in [1.165, 1.54) is 89.0 Å². The van der Waals surface area contributed by atoms with E-state index >= 15 is 0 Å². The van der Waals surface area contributed by atoms with Gasteiger partial charge in [0, 0.05) is 6.42 Å². The normalized spacial score (nSPS) is 12.2. The molecule has 0 spiro atoms. The minimum Gasteiger partial charge on any atom is -0.481 e. The maximum Gasteiger partial charge on any atom is 0.303 e. The molecule has 0 amide bonds. The minimum absolute atomic E-state index is 0.340. The predicted octanol–water partition coefficient (Wildman–Crippen LogP) is 8.58. The van der Waals surface area contributed by atoms with Crippen LogP contribution in [0, 0.1) is 5.92 Å². The van der Waals surface area contributed by atoms with Crippen LogP contribution in [0.25, 0.3) is 0 Å². The molecular weight excluding hydrogens is 356 g/mol. The first-order valence-electron chi connectivity index (χ1n) is 12.5. The van der Waals surface area contributed by atoms with Crippen LogP contribution < -0.4 is 0 Å². The average Bonchev–Trinajstić information content (AvgIpc) is 2.71. The molecule has 1 aromatic carbocycles. The molecule has 1 rings (SSSR count). The van der Waals surface area contributed by atoms with Gasteiger partial charge in [-0.15, -0.1) is 0 Å². The van der Waals surface area contributed by atoms with Gasteiger partial charge in [0.05, 0.1) is 0 Å². The summed E-state index contributed by atoms with van der Waals surface area (Å²) in [5.74, 6) is -0.284. The zero-order valence-electron chi connectivity index (χ0n) is 19.0. The van der Waals surface area contributed by atoms with Gasteiger partial charge in [0.15, 0.2) is 0 Å². The van der Waals surface area contributed by atoms with E-state index in [2.05, 4.69) is 31.2 Å². The molecule has 0 aromatic heterocycles. The molecule has 0 radical (unpaired) electrons. The molecule has 0 aliphatic heterocycles. The number of hydrogen-bond acceptors (Lipinski definition) is 1. The van der Waals surface area contributed by atoms with Crippen molar-refractivity contribution in [3.8, 4) is 0 Å². The van der Waals surface area contributed by atoms with E-state index < -0.39 is 5.97 Å². The Morgan fingerprint density at radius 3 is 1.72 bits per heavy atom. The summed E-state index contributed by atoms with van der Waals surface area (Å²) in [5, 5.41) is 9.20. The molecule has 2 heteroatoms. The summed E-state index contributed by atoms with van der Waals surface area (Å²) in [6.45, 7) is 2.28. The zero-order chi connectivity index (χ0) is 21.0. The Morgan fingerprint density at radius 1 is 0.724 bits per heavy atom. The monoisotopic (exact) mass is 402 g/mol. The molecule has 1 aromatic rings. The van der Waals surface area contributed by atoms with Gasteiger partial charge in [0.25, 0.3) is 0 Å². The lowest BCUT2D eigenvalue weighted by Crippen LogP contribution is -2.08. The number of hydrogen-bond donors (Lipinski definition) is 1. The summed E-state index contributed by atoms with van der Waals surface area (Å²) in [7, 11) is 0. The molecule has 1 N–H and O–H groups in total. The second-order valence-electron chi connectivity index (χ2n) is 8.87. The lowest BCUT2D eigenvalue weighted by Gasteiger charge is -2.14. The van der Waals surface area contributed by atoms with Crippen LogP contribution in [0.1, 0.15) is 122 Å². The molecule has 166 valence electrons. The molecule has 29 heavy (non-hydrogen) atoms. The van der Waals surface area contributed by atoms with Crippen LogP contribution in [0.3, 0.4) is 0 Å². The number of aliphatic carboxylic acids is 1. The van der Waals surface area contributed by atoms with Crippen LogP contribution in [0.4, 0.5) is 0 Å². The summed E-state index contributed by atoms with van der Waals surface area (Å²) in [6, 6.07) is 10.5. The fourth-order valence-electron chi connectivity index (χ4n) is 4.29. The van der Waals surface area contributed by atoms with E-state index in [1.54, 1.807) is 0 Å². The molecular formula is C27H46O2. The van der Waals surface area contributed by atoms with E-state index in [0.29, 0.717) is 12.3 Å². The highest BCUT2D eigenvalue weighted by molar-refractivity contribution is 5.66. The van der Waals surface area contributed by atoms with Crippen molar-refractivity contribution in [2.75, 3.05) is 0 Å². The fourth-order valence-corrected chi connectivity index (χ4v) is 4.29. The van der Waals surface area contributed by atoms with Gasteiger partial charge in [-0.05, 0) is 37.2 Å². The maximum atomic E-state index is 11.2. The second kappa shape index (κ2) is 18.7. The Kier molecular flexibility index (Phi) is 16.6. The van der Waals surface area contributed by atoms with E-state index in [-0.39, 0.29) is 0 Å². The van der Waals surface area contributed by atoms with Gasteiger partial charge in [-0.1, -0.05) is 121 Å². The summed E-state index contributed by atoms with van der Waals surface area (Å²) in [5.41, 5.74) is 1.36. The van der Waals surface area contributed by atoms with Crippen molar-refractivity contribution in [3.63, 3.8) is 0 Å². The van der Waals surface area contributed by atoms with Crippen LogP contribution in [-0.2, 0) is 11.2 Å². The van der Waals surface area contributed by atoms with Gasteiger partial charge in [-0.3, -0.25) is 4.79 Å². The maximum absolute atomic E-state index is 11.2. The number of carboxylic acids is 1. The first-order valence-corrected chi connectivity index (χ1v) is 12.5. The largest absolute Gasteiger partial charge is 0.481 e. The van der Waals surface area contributed by atoms with Crippen molar-refractivity contribution in [1.29, 1.82) is 0 Å². The number of carbonyl (C=O) groups is 1. The molecule has 0 fully saturated rings. The standard InChI is InChI=1S/C27H46O2/c1-2-3-4-5-6-7-8-9-10-11-12-13-15-21-26(24-27(28)29)23-18-22-25-19-16-14-17-20-25/h14,16-17,19-20,26H,2-13,15,18,21-24H2,1H3,(H,28,29). The summed E-state index contributed by atoms with van der Waals surface area (Å²) in [6.07, 6.45) is 22.4. The molecule has 1 unspecified atom stereocenters. The van der Waals surface area contributed by atoms with Crippen molar-refractivity contribution < 1.29 is 9.90 Å². The van der Waals surface area contributed by atoms with Crippen molar-refractivity contribution in [2.45, 2.75) is 122 Å². The highest BCUT2D eigenvalue weighted by atomic mass is 16.4. The van der Waals surface area contributed by atoms with Crippen molar-refractivity contribution >= 4 is 5.97 Å². The number of aryl methyl sites for hydroxylation is 1. The van der Waals surface area contributed by atoms with Gasteiger partial charge in [0.1, 0.15) is 0 Å². The van der Waals surface area contributed by atoms with Crippen molar-refractivity contribution in [3.05, 3.63) is 35.9 Å². The number of unbranched alkanes of at least 4 members (excludes halogenated alkanes) is 12. The van der Waals surface area contributed by atoms with Gasteiger partial charge in [-0.25, -0.2) is 0 Å². The number of carboxylic acid groups (broad SMARTS) is 1. The summed E-state index contributed by atoms with van der Waals surface area (Å²) < 4.78 is 0. The SMILES string of the molecule is CCCCCCCCCCCCCCCC(CCCc1ccccc1)CC(=O)O. The smallest absolute Gasteiger partial charge is 0.303 e. The Bertz CT molecular complexity index is 483. The molecule has 0 saturated heterocycles. The van der Waals surface area contributed by atoms with Crippen molar-refractivity contribution in [1.82, 2.24) is 0 Å². The van der Waals surface area contributed by atoms with E-state index in [0.717, 1.165) is 25.7 Å². The molecule has 0 aliphatic rings. The summed E-state index contributed by atoms with van der Waals surface area (Å²) >= 11 is 0. The highest BCUT2D eigenvalue weighted by Gasteiger charge is 2.13. The van der Waals surface area contributed by atoms with Gasteiger partial charge < -0.3 is 5.11 Å². The molecule has 0 bridgehead atoms. The Morgan fingerprint density at radius 2 is 1.21 bits per heavy atom. The molecule has 0 heterocycles. The van der Waals surface area contributed by atoms with E-state index in [9.17, 15) is 9.90 Å². The Labute approximate surface area is 180 Å². The van der Waals surface area contributed by atoms with Crippen LogP contribution in [0.2, 0.25) is 0 Å². The third-order valence-electron chi connectivity index (χ3n) is 6.10. The minimum atomic E-state index is -0.635. The van der Waals surface area contributed by atoms with E-state index in [1.807, 2.05) is 6.07 Å². The lowest BCUT2D eigenvalue weighted by molar-refractivity contribution is -0.138. The molecule has 0 aliphatic carbocycles. The van der Waals surface area contributed by atoms with Crippen LogP contribution >= 0.6 is 0 Å². The molecule has 2 nitrogen and oxygen atoms in total. The predicted molar refractivity (Wildman–Crippen MR) is 125 cm³/mol. The quantitative estimate of drug-likeness (QED) is 0.222. The van der Waals surface area contributed by atoms with Crippen molar-refractivity contribution in [2.24, 2.45) is 5.92 Å². The topological polar surface area (TPSA) is 37.3 Å². The van der Waals surface area contributed by atoms with Gasteiger partial charge in [0.2, 0.25) is 0 Å². The first kappa shape index (κ1) is 25.7. The average molecular weight is 403 g/mol. The third kappa shape index (κ3) is 16.2. The van der Waals surface area contributed by atoms with Gasteiger partial charge in [-0.2, -0.15) is 0 Å². The van der Waals surface area contributed by atoms with Crippen LogP contribution in [0.5, 0.6) is 0 Å². The third-order valence-corrected chi connectivity index (χ3v) is 6.10. The van der Waals surface area contributed by atoms with Gasteiger partial charge >= 0.3 is 5.97 Å². The van der Waals surface area contributed by atoms with Crippen LogP contribution in [0.15, 0.2) is 30.3 Å².